The lowest BCUT2D eigenvalue weighted by Crippen LogP contribution is -2.17. The van der Waals surface area contributed by atoms with E-state index in [1.54, 1.807) is 0 Å². The Morgan fingerprint density at radius 2 is 1.94 bits per heavy atom. The predicted molar refractivity (Wildman–Crippen MR) is 75.0 cm³/mol. The van der Waals surface area contributed by atoms with Crippen molar-refractivity contribution in [3.63, 3.8) is 0 Å². The summed E-state index contributed by atoms with van der Waals surface area (Å²) in [4.78, 5) is 14.7. The fraction of sp³-hybridized carbons (Fsp3) is 0.667. The van der Waals surface area contributed by atoms with E-state index in [4.69, 9.17) is 10.7 Å². The molecule has 0 saturated heterocycles. The molecule has 96 valence electrons. The molecule has 1 aromatic heterocycles. The Bertz CT molecular complexity index is 328. The Morgan fingerprint density at radius 1 is 1.24 bits per heavy atom. The summed E-state index contributed by atoms with van der Waals surface area (Å²) >= 11 is 1.47. The maximum atomic E-state index is 5.65. The highest BCUT2D eigenvalue weighted by atomic mass is 35.7. The number of hydrogen-bond acceptors (Lipinski definition) is 7. The van der Waals surface area contributed by atoms with Crippen molar-refractivity contribution < 1.29 is 0 Å². The van der Waals surface area contributed by atoms with Crippen LogP contribution in [0.4, 0.5) is 5.95 Å². The average molecular weight is 294 g/mol. The maximum absolute atomic E-state index is 5.65. The van der Waals surface area contributed by atoms with E-state index in [0.717, 1.165) is 30.5 Å². The van der Waals surface area contributed by atoms with Crippen LogP contribution in [0.3, 0.4) is 0 Å². The largest absolute Gasteiger partial charge is 0.354 e. The van der Waals surface area contributed by atoms with Crippen molar-refractivity contribution in [3.8, 4) is 0 Å². The zero-order valence-electron chi connectivity index (χ0n) is 10.1. The van der Waals surface area contributed by atoms with Crippen LogP contribution in [0, 0.1) is 0 Å². The van der Waals surface area contributed by atoms with Gasteiger partial charge in [-0.05, 0) is 44.0 Å². The number of rotatable bonds is 7. The van der Waals surface area contributed by atoms with Gasteiger partial charge < -0.3 is 10.2 Å². The molecular formula is C9H16ClN5S2. The van der Waals surface area contributed by atoms with Crippen molar-refractivity contribution in [1.82, 2.24) is 19.9 Å². The molecule has 0 fully saturated rings. The first-order valence-electron chi connectivity index (χ1n) is 5.13. The molecule has 1 heterocycles. The van der Waals surface area contributed by atoms with Crippen molar-refractivity contribution >= 4 is 39.4 Å². The van der Waals surface area contributed by atoms with Gasteiger partial charge in [-0.1, -0.05) is 11.8 Å². The molecule has 0 bridgehead atoms. The monoisotopic (exact) mass is 293 g/mol. The highest BCUT2D eigenvalue weighted by Gasteiger charge is 2.05. The molecule has 0 aliphatic heterocycles. The number of halogens is 1. The number of nitrogens with one attached hydrogen (secondary N) is 1. The predicted octanol–water partition coefficient (Wildman–Crippen LogP) is 2.20. The van der Waals surface area contributed by atoms with E-state index >= 15 is 0 Å². The third-order valence-corrected chi connectivity index (χ3v) is 3.19. The third-order valence-electron chi connectivity index (χ3n) is 1.91. The van der Waals surface area contributed by atoms with Gasteiger partial charge in [0.1, 0.15) is 0 Å². The summed E-state index contributed by atoms with van der Waals surface area (Å²) in [6, 6.07) is 0. The van der Waals surface area contributed by atoms with Gasteiger partial charge in [0.25, 0.3) is 0 Å². The minimum Gasteiger partial charge on any atom is -0.354 e. The van der Waals surface area contributed by atoms with Crippen LogP contribution in [0.15, 0.2) is 10.3 Å². The summed E-state index contributed by atoms with van der Waals surface area (Å²) < 4.78 is 0. The topological polar surface area (TPSA) is 53.9 Å². The molecule has 0 radical (unpaired) electrons. The highest BCUT2D eigenvalue weighted by Crippen LogP contribution is 2.21. The number of hydrogen-bond donors (Lipinski definition) is 1. The standard InChI is InChI=1S/C9H16ClN5S2/c1-15(2)6-4-5-11-7-12-8(16-3)14-9(13-7)17-10/h4-6H2,1-3H3,(H,11,12,13,14). The van der Waals surface area contributed by atoms with Gasteiger partial charge in [-0.25, -0.2) is 0 Å². The number of anilines is 1. The minimum absolute atomic E-state index is 0.529. The van der Waals surface area contributed by atoms with Gasteiger partial charge in [0.2, 0.25) is 11.1 Å². The summed E-state index contributed by atoms with van der Waals surface area (Å²) in [7, 11) is 10.8. The van der Waals surface area contributed by atoms with Gasteiger partial charge in [0.15, 0.2) is 5.16 Å². The average Bonchev–Trinajstić information content (AvgIpc) is 2.34. The molecule has 0 aliphatic rings. The van der Waals surface area contributed by atoms with Crippen molar-refractivity contribution in [2.24, 2.45) is 0 Å². The van der Waals surface area contributed by atoms with E-state index in [-0.39, 0.29) is 0 Å². The number of aromatic nitrogens is 3. The Kier molecular flexibility index (Phi) is 6.94. The second-order valence-corrected chi connectivity index (χ2v) is 5.34. The zero-order chi connectivity index (χ0) is 12.7. The van der Waals surface area contributed by atoms with Crippen LogP contribution in [-0.2, 0) is 0 Å². The van der Waals surface area contributed by atoms with E-state index in [1.165, 1.54) is 11.8 Å². The fourth-order valence-corrected chi connectivity index (χ4v) is 2.00. The molecule has 1 N–H and O–H groups in total. The van der Waals surface area contributed by atoms with Crippen LogP contribution in [0.5, 0.6) is 0 Å². The summed E-state index contributed by atoms with van der Waals surface area (Å²) in [5.74, 6) is 0.589. The molecule has 1 aromatic rings. The first-order valence-corrected chi connectivity index (χ1v) is 7.99. The number of thioether (sulfide) groups is 1. The molecule has 0 aromatic carbocycles. The summed E-state index contributed by atoms with van der Waals surface area (Å²) in [5, 5.41) is 4.38. The van der Waals surface area contributed by atoms with Crippen LogP contribution in [0.25, 0.3) is 0 Å². The molecule has 0 aliphatic carbocycles. The Labute approximate surface area is 115 Å². The second-order valence-electron chi connectivity index (χ2n) is 3.59. The van der Waals surface area contributed by atoms with E-state index in [2.05, 4.69) is 39.3 Å². The lowest BCUT2D eigenvalue weighted by Gasteiger charge is -2.10. The van der Waals surface area contributed by atoms with Crippen molar-refractivity contribution in [1.29, 1.82) is 0 Å². The summed E-state index contributed by atoms with van der Waals surface area (Å²) in [5.41, 5.74) is 0. The maximum Gasteiger partial charge on any atom is 0.227 e. The van der Waals surface area contributed by atoms with E-state index in [1.807, 2.05) is 6.26 Å². The van der Waals surface area contributed by atoms with Crippen molar-refractivity contribution in [2.75, 3.05) is 38.8 Å². The van der Waals surface area contributed by atoms with Crippen molar-refractivity contribution in [3.05, 3.63) is 0 Å². The van der Waals surface area contributed by atoms with Crippen molar-refractivity contribution in [2.45, 2.75) is 16.7 Å². The van der Waals surface area contributed by atoms with Gasteiger partial charge >= 0.3 is 0 Å². The highest BCUT2D eigenvalue weighted by molar-refractivity contribution is 8.21. The van der Waals surface area contributed by atoms with Crippen LogP contribution >= 0.6 is 33.4 Å². The molecule has 5 nitrogen and oxygen atoms in total. The lowest BCUT2D eigenvalue weighted by molar-refractivity contribution is 0.405. The summed E-state index contributed by atoms with van der Waals surface area (Å²) in [6.07, 6.45) is 2.96. The first-order chi connectivity index (χ1) is 8.15. The Morgan fingerprint density at radius 3 is 2.53 bits per heavy atom. The van der Waals surface area contributed by atoms with E-state index in [0.29, 0.717) is 16.3 Å². The molecule has 0 atom stereocenters. The second kappa shape index (κ2) is 7.97. The molecule has 0 unspecified atom stereocenters. The number of nitrogens with zero attached hydrogens (tertiary/aromatic N) is 4. The molecule has 0 spiro atoms. The van der Waals surface area contributed by atoms with Crippen LogP contribution in [0.1, 0.15) is 6.42 Å². The van der Waals surface area contributed by atoms with E-state index < -0.39 is 0 Å². The fourth-order valence-electron chi connectivity index (χ4n) is 1.14. The lowest BCUT2D eigenvalue weighted by atomic mass is 10.4. The van der Waals surface area contributed by atoms with Gasteiger partial charge in [-0.2, -0.15) is 15.0 Å². The first kappa shape index (κ1) is 14.8. The zero-order valence-corrected chi connectivity index (χ0v) is 12.5. The van der Waals surface area contributed by atoms with Gasteiger partial charge in [-0.15, -0.1) is 0 Å². The Balaban J connectivity index is 2.51. The van der Waals surface area contributed by atoms with Crippen LogP contribution in [-0.4, -0.2) is 53.3 Å². The molecule has 0 amide bonds. The Hall–Kier alpha value is -0.240. The van der Waals surface area contributed by atoms with E-state index in [9.17, 15) is 0 Å². The van der Waals surface area contributed by atoms with Crippen LogP contribution in [0.2, 0.25) is 0 Å². The normalized spacial score (nSPS) is 10.9. The van der Waals surface area contributed by atoms with Gasteiger partial charge in [-0.3, -0.25) is 0 Å². The third kappa shape index (κ3) is 5.76. The molecule has 17 heavy (non-hydrogen) atoms. The van der Waals surface area contributed by atoms with Crippen LogP contribution < -0.4 is 5.32 Å². The quantitative estimate of drug-likeness (QED) is 0.611. The molecule has 0 saturated carbocycles. The van der Waals surface area contributed by atoms with Gasteiger partial charge in [0, 0.05) is 17.5 Å². The minimum atomic E-state index is 0.529. The molecular weight excluding hydrogens is 278 g/mol. The SMILES string of the molecule is CSc1nc(NCCCN(C)C)nc(SCl)n1. The smallest absolute Gasteiger partial charge is 0.227 e. The molecule has 8 heteroatoms. The molecule has 1 rings (SSSR count). The summed E-state index contributed by atoms with van der Waals surface area (Å²) in [6.45, 7) is 1.87. The van der Waals surface area contributed by atoms with Gasteiger partial charge in [0.05, 0.1) is 0 Å².